The molecule has 108 valence electrons. The first-order valence-electron chi connectivity index (χ1n) is 6.73. The van der Waals surface area contributed by atoms with Gasteiger partial charge >= 0.3 is 0 Å². The summed E-state index contributed by atoms with van der Waals surface area (Å²) in [5.41, 5.74) is 3.19. The van der Waals surface area contributed by atoms with E-state index in [1.54, 1.807) is 13.0 Å². The second-order valence-electron chi connectivity index (χ2n) is 4.96. The average molecular weight is 293 g/mol. The molecule has 1 aromatic rings. The smallest absolute Gasteiger partial charge is 0.243 e. The van der Waals surface area contributed by atoms with Gasteiger partial charge in [-0.15, -0.1) is 11.3 Å². The zero-order valence-electron chi connectivity index (χ0n) is 11.3. The van der Waals surface area contributed by atoms with E-state index in [0.29, 0.717) is 10.6 Å². The van der Waals surface area contributed by atoms with Crippen LogP contribution < -0.4 is 10.5 Å². The molecule has 1 aliphatic rings. The van der Waals surface area contributed by atoms with Gasteiger partial charge in [-0.25, -0.2) is 5.43 Å². The summed E-state index contributed by atoms with van der Waals surface area (Å²) in [4.78, 5) is 23.5. The lowest BCUT2D eigenvalue weighted by Gasteiger charge is -2.19. The van der Waals surface area contributed by atoms with Crippen molar-refractivity contribution in [1.82, 2.24) is 5.43 Å². The second-order valence-corrected chi connectivity index (χ2v) is 6.04. The first-order chi connectivity index (χ1) is 9.58. The lowest BCUT2D eigenvalue weighted by Crippen LogP contribution is -2.29. The molecular weight excluding hydrogens is 276 g/mol. The Morgan fingerprint density at radius 3 is 2.50 bits per heavy atom. The third kappa shape index (κ3) is 3.66. The van der Waals surface area contributed by atoms with E-state index in [2.05, 4.69) is 10.5 Å². The largest absolute Gasteiger partial charge is 0.544 e. The quantitative estimate of drug-likeness (QED) is 0.675. The van der Waals surface area contributed by atoms with E-state index in [9.17, 15) is 14.7 Å². The summed E-state index contributed by atoms with van der Waals surface area (Å²) in [7, 11) is 0. The Morgan fingerprint density at radius 2 is 1.90 bits per heavy atom. The van der Waals surface area contributed by atoms with Crippen molar-refractivity contribution in [1.29, 1.82) is 0 Å². The number of hydrogen-bond acceptors (Lipinski definition) is 5. The number of carbonyl (C=O) groups is 2. The third-order valence-electron chi connectivity index (χ3n) is 3.47. The van der Waals surface area contributed by atoms with Crippen LogP contribution in [0, 0.1) is 5.92 Å². The Balaban J connectivity index is 1.95. The lowest BCUT2D eigenvalue weighted by molar-refractivity contribution is -0.254. The topological polar surface area (TPSA) is 81.6 Å². The van der Waals surface area contributed by atoms with Crippen molar-refractivity contribution in [3.8, 4) is 0 Å². The monoisotopic (exact) mass is 293 g/mol. The zero-order chi connectivity index (χ0) is 14.5. The zero-order valence-corrected chi connectivity index (χ0v) is 12.2. The summed E-state index contributed by atoms with van der Waals surface area (Å²) in [6, 6.07) is 3.15. The van der Waals surface area contributed by atoms with Crippen LogP contribution in [0.3, 0.4) is 0 Å². The number of thiophene rings is 1. The van der Waals surface area contributed by atoms with Gasteiger partial charge in [0.15, 0.2) is 0 Å². The van der Waals surface area contributed by atoms with Crippen molar-refractivity contribution < 1.29 is 14.7 Å². The van der Waals surface area contributed by atoms with Crippen LogP contribution in [0.5, 0.6) is 0 Å². The van der Waals surface area contributed by atoms with E-state index in [1.807, 2.05) is 0 Å². The highest BCUT2D eigenvalue weighted by atomic mass is 32.1. The molecule has 6 heteroatoms. The van der Waals surface area contributed by atoms with Crippen molar-refractivity contribution in [3.63, 3.8) is 0 Å². The standard InChI is InChI=1S/C14H18N2O3S/c1-9(11-7-8-12(20-11)14(18)19)15-16-13(17)10-5-3-2-4-6-10/h7-8,10H,2-6H2,1H3,(H,16,17)(H,18,19)/p-1/b15-9-. The minimum Gasteiger partial charge on any atom is -0.544 e. The molecule has 0 aromatic carbocycles. The summed E-state index contributed by atoms with van der Waals surface area (Å²) < 4.78 is 0. The number of carbonyl (C=O) groups excluding carboxylic acids is 2. The van der Waals surface area contributed by atoms with Crippen molar-refractivity contribution in [3.05, 3.63) is 21.9 Å². The molecule has 5 nitrogen and oxygen atoms in total. The van der Waals surface area contributed by atoms with Crippen LogP contribution in [0.4, 0.5) is 0 Å². The van der Waals surface area contributed by atoms with Crippen LogP contribution in [0.15, 0.2) is 17.2 Å². The first-order valence-corrected chi connectivity index (χ1v) is 7.55. The molecule has 1 saturated carbocycles. The van der Waals surface area contributed by atoms with Gasteiger partial charge < -0.3 is 9.90 Å². The van der Waals surface area contributed by atoms with Crippen molar-refractivity contribution in [2.75, 3.05) is 0 Å². The fourth-order valence-corrected chi connectivity index (χ4v) is 3.08. The molecule has 1 amide bonds. The number of rotatable bonds is 4. The van der Waals surface area contributed by atoms with E-state index in [4.69, 9.17) is 0 Å². The molecule has 1 aliphatic carbocycles. The molecule has 0 saturated heterocycles. The minimum absolute atomic E-state index is 0.0410. The maximum atomic E-state index is 11.9. The maximum Gasteiger partial charge on any atom is 0.243 e. The predicted octanol–water partition coefficient (Wildman–Crippen LogP) is 1.53. The number of carboxylic acid groups (broad SMARTS) is 1. The Morgan fingerprint density at radius 1 is 1.25 bits per heavy atom. The number of nitrogens with zero attached hydrogens (tertiary/aromatic N) is 1. The van der Waals surface area contributed by atoms with E-state index in [1.165, 1.54) is 12.5 Å². The summed E-state index contributed by atoms with van der Waals surface area (Å²) in [5.74, 6) is -1.18. The van der Waals surface area contributed by atoms with Crippen molar-refractivity contribution in [2.24, 2.45) is 11.0 Å². The molecule has 1 heterocycles. The number of nitrogens with one attached hydrogen (secondary N) is 1. The van der Waals surface area contributed by atoms with Crippen LogP contribution in [0.1, 0.15) is 53.6 Å². The number of aromatic carboxylic acids is 1. The van der Waals surface area contributed by atoms with E-state index >= 15 is 0 Å². The van der Waals surface area contributed by atoms with E-state index < -0.39 is 5.97 Å². The first kappa shape index (κ1) is 14.7. The molecular formula is C14H17N2O3S-. The Labute approximate surface area is 121 Å². The predicted molar refractivity (Wildman–Crippen MR) is 75.6 cm³/mol. The third-order valence-corrected chi connectivity index (χ3v) is 4.65. The van der Waals surface area contributed by atoms with Gasteiger partial charge in [0.2, 0.25) is 5.91 Å². The Kier molecular flexibility index (Phi) is 4.89. The number of carboxylic acids is 1. The summed E-state index contributed by atoms with van der Waals surface area (Å²) in [6.45, 7) is 1.74. The van der Waals surface area contributed by atoms with E-state index in [0.717, 1.165) is 37.0 Å². The maximum absolute atomic E-state index is 11.9. The molecule has 1 fully saturated rings. The molecule has 0 bridgehead atoms. The molecule has 0 aliphatic heterocycles. The second kappa shape index (κ2) is 6.65. The molecule has 0 atom stereocenters. The lowest BCUT2D eigenvalue weighted by atomic mass is 9.89. The highest BCUT2D eigenvalue weighted by Gasteiger charge is 2.20. The average Bonchev–Trinajstić information content (AvgIpc) is 2.95. The molecule has 0 unspecified atom stereocenters. The van der Waals surface area contributed by atoms with Gasteiger partial charge in [-0.05, 0) is 31.9 Å². The minimum atomic E-state index is -1.19. The van der Waals surface area contributed by atoms with Crippen molar-refractivity contribution >= 4 is 28.9 Å². The van der Waals surface area contributed by atoms with Crippen molar-refractivity contribution in [2.45, 2.75) is 39.0 Å². The number of amides is 1. The fourth-order valence-electron chi connectivity index (χ4n) is 2.29. The highest BCUT2D eigenvalue weighted by molar-refractivity contribution is 7.15. The summed E-state index contributed by atoms with van der Waals surface area (Å²) in [5, 5.41) is 14.8. The molecule has 0 radical (unpaired) electrons. The highest BCUT2D eigenvalue weighted by Crippen LogP contribution is 2.23. The molecule has 0 spiro atoms. The van der Waals surface area contributed by atoms with Gasteiger partial charge in [0.05, 0.1) is 21.4 Å². The SMILES string of the molecule is C/C(=N/NC(=O)C1CCCCC1)c1ccc(C(=O)[O-])s1. The Bertz CT molecular complexity index is 530. The van der Waals surface area contributed by atoms with Gasteiger partial charge in [-0.1, -0.05) is 19.3 Å². The normalized spacial score (nSPS) is 16.9. The summed E-state index contributed by atoms with van der Waals surface area (Å²) >= 11 is 1.09. The number of hydrogen-bond donors (Lipinski definition) is 1. The van der Waals surface area contributed by atoms with Gasteiger partial charge in [0.25, 0.3) is 0 Å². The van der Waals surface area contributed by atoms with Gasteiger partial charge in [0, 0.05) is 5.92 Å². The summed E-state index contributed by atoms with van der Waals surface area (Å²) in [6.07, 6.45) is 5.25. The molecule has 20 heavy (non-hydrogen) atoms. The van der Waals surface area contributed by atoms with E-state index in [-0.39, 0.29) is 16.7 Å². The van der Waals surface area contributed by atoms with Gasteiger partial charge in [0.1, 0.15) is 0 Å². The fraction of sp³-hybridized carbons (Fsp3) is 0.500. The Hall–Kier alpha value is -1.69. The molecule has 1 aromatic heterocycles. The van der Waals surface area contributed by atoms with Crippen LogP contribution in [0.2, 0.25) is 0 Å². The van der Waals surface area contributed by atoms with Crippen LogP contribution in [-0.4, -0.2) is 17.6 Å². The van der Waals surface area contributed by atoms with Crippen LogP contribution in [0.25, 0.3) is 0 Å². The van der Waals surface area contributed by atoms with Gasteiger partial charge in [-0.3, -0.25) is 4.79 Å². The van der Waals surface area contributed by atoms with Crippen LogP contribution >= 0.6 is 11.3 Å². The van der Waals surface area contributed by atoms with Gasteiger partial charge in [-0.2, -0.15) is 5.10 Å². The number of hydrazone groups is 1. The molecule has 2 rings (SSSR count). The molecule has 1 N–H and O–H groups in total. The van der Waals surface area contributed by atoms with Crippen LogP contribution in [-0.2, 0) is 4.79 Å².